The highest BCUT2D eigenvalue weighted by Crippen LogP contribution is 2.58. The first-order chi connectivity index (χ1) is 17.3. The molecule has 2 aromatic heterocycles. The van der Waals surface area contributed by atoms with Gasteiger partial charge in [0.1, 0.15) is 18.3 Å². The molecular formula is C25H26ClN3O6S. The normalized spacial score (nSPS) is 32.8. The van der Waals surface area contributed by atoms with Crippen molar-refractivity contribution < 1.29 is 27.7 Å². The Kier molecular flexibility index (Phi) is 5.11. The maximum Gasteiger partial charge on any atom is 0.193 e. The fourth-order valence-corrected chi connectivity index (χ4v) is 7.20. The summed E-state index contributed by atoms with van der Waals surface area (Å²) in [5.74, 6) is 0.981. The number of aromatic amines is 1. The van der Waals surface area contributed by atoms with E-state index in [1.54, 1.807) is 0 Å². The SMILES string of the molecule is O=S1(=O)CCN(c2ccc(-c3nc4cc(O[C@@H]5C[C@@]56COC5[C@H](O)CO[C@@H]56)[nH]c4cc3Cl)cc2)CC1. The zero-order valence-electron chi connectivity index (χ0n) is 19.4. The summed E-state index contributed by atoms with van der Waals surface area (Å²) in [4.78, 5) is 10.1. The van der Waals surface area contributed by atoms with E-state index in [0.29, 0.717) is 42.9 Å². The van der Waals surface area contributed by atoms with Crippen LogP contribution in [0.4, 0.5) is 5.69 Å². The number of H-pyrrole nitrogens is 1. The summed E-state index contributed by atoms with van der Waals surface area (Å²) >= 11 is 6.60. The second kappa shape index (κ2) is 8.06. The maximum atomic E-state index is 11.7. The number of sulfone groups is 1. The molecule has 3 aliphatic heterocycles. The van der Waals surface area contributed by atoms with Crippen LogP contribution in [-0.2, 0) is 19.3 Å². The fourth-order valence-electron chi connectivity index (χ4n) is 5.74. The molecule has 3 aromatic rings. The van der Waals surface area contributed by atoms with Gasteiger partial charge in [-0.25, -0.2) is 13.4 Å². The van der Waals surface area contributed by atoms with Crippen molar-refractivity contribution in [1.29, 1.82) is 0 Å². The molecule has 36 heavy (non-hydrogen) atoms. The molecule has 2 N–H and O–H groups in total. The number of hydrogen-bond acceptors (Lipinski definition) is 8. The first-order valence-electron chi connectivity index (χ1n) is 12.1. The van der Waals surface area contributed by atoms with Gasteiger partial charge in [-0.15, -0.1) is 0 Å². The molecule has 0 bridgehead atoms. The summed E-state index contributed by atoms with van der Waals surface area (Å²) in [6, 6.07) is 11.6. The Morgan fingerprint density at radius 3 is 2.72 bits per heavy atom. The number of nitrogens with one attached hydrogen (secondary N) is 1. The van der Waals surface area contributed by atoms with Crippen molar-refractivity contribution in [3.8, 4) is 17.1 Å². The number of benzene rings is 1. The maximum absolute atomic E-state index is 11.7. The molecule has 0 radical (unpaired) electrons. The quantitative estimate of drug-likeness (QED) is 0.527. The van der Waals surface area contributed by atoms with E-state index >= 15 is 0 Å². The second-order valence-electron chi connectivity index (χ2n) is 10.2. The number of nitrogens with zero attached hydrogens (tertiary/aromatic N) is 2. The summed E-state index contributed by atoms with van der Waals surface area (Å²) in [5.41, 5.74) is 3.87. The molecule has 4 fully saturated rings. The molecule has 4 aliphatic rings. The van der Waals surface area contributed by atoms with Crippen LogP contribution in [0.2, 0.25) is 5.02 Å². The average Bonchev–Trinajstić information content (AvgIpc) is 3.12. The van der Waals surface area contributed by atoms with Crippen LogP contribution in [-0.4, -0.2) is 85.7 Å². The average molecular weight is 532 g/mol. The Morgan fingerprint density at radius 1 is 1.17 bits per heavy atom. The van der Waals surface area contributed by atoms with Gasteiger partial charge in [-0.3, -0.25) is 0 Å². The Labute approximate surface area is 213 Å². The first kappa shape index (κ1) is 22.8. The molecule has 5 heterocycles. The predicted octanol–water partition coefficient (Wildman–Crippen LogP) is 2.41. The molecule has 1 aliphatic carbocycles. The molecule has 0 amide bonds. The molecule has 190 valence electrons. The Hall–Kier alpha value is -2.37. The van der Waals surface area contributed by atoms with Crippen LogP contribution in [0.5, 0.6) is 5.88 Å². The van der Waals surface area contributed by atoms with Crippen molar-refractivity contribution in [3.63, 3.8) is 0 Å². The van der Waals surface area contributed by atoms with E-state index in [-0.39, 0.29) is 35.2 Å². The monoisotopic (exact) mass is 531 g/mol. The number of hydrogen-bond donors (Lipinski definition) is 2. The first-order valence-corrected chi connectivity index (χ1v) is 14.3. The molecule has 9 nitrogen and oxygen atoms in total. The van der Waals surface area contributed by atoms with Gasteiger partial charge in [-0.05, 0) is 24.6 Å². The molecule has 1 aromatic carbocycles. The van der Waals surface area contributed by atoms with Crippen LogP contribution >= 0.6 is 11.6 Å². The van der Waals surface area contributed by atoms with Crippen LogP contribution in [0.1, 0.15) is 6.42 Å². The van der Waals surface area contributed by atoms with Crippen LogP contribution in [0.15, 0.2) is 36.4 Å². The highest BCUT2D eigenvalue weighted by molar-refractivity contribution is 7.91. The minimum atomic E-state index is -2.92. The minimum absolute atomic E-state index is 0.0434. The number of halogens is 1. The Balaban J connectivity index is 1.09. The van der Waals surface area contributed by atoms with Gasteiger partial charge < -0.3 is 29.2 Å². The Bertz CT molecular complexity index is 1430. The lowest BCUT2D eigenvalue weighted by atomic mass is 9.98. The van der Waals surface area contributed by atoms with E-state index in [1.165, 1.54) is 0 Å². The van der Waals surface area contributed by atoms with Crippen LogP contribution in [0.25, 0.3) is 22.3 Å². The molecule has 7 rings (SSSR count). The Morgan fingerprint density at radius 2 is 1.94 bits per heavy atom. The van der Waals surface area contributed by atoms with E-state index in [9.17, 15) is 13.5 Å². The molecule has 11 heteroatoms. The van der Waals surface area contributed by atoms with Crippen molar-refractivity contribution in [2.75, 3.05) is 42.7 Å². The number of fused-ring (bicyclic) bond motifs is 3. The van der Waals surface area contributed by atoms with Gasteiger partial charge in [-0.2, -0.15) is 0 Å². The third-order valence-electron chi connectivity index (χ3n) is 7.93. The number of aromatic nitrogens is 2. The number of aliphatic hydroxyl groups excluding tert-OH is 1. The van der Waals surface area contributed by atoms with Crippen LogP contribution < -0.4 is 9.64 Å². The largest absolute Gasteiger partial charge is 0.475 e. The van der Waals surface area contributed by atoms with E-state index in [1.807, 2.05) is 36.4 Å². The van der Waals surface area contributed by atoms with Crippen molar-refractivity contribution in [2.24, 2.45) is 5.41 Å². The van der Waals surface area contributed by atoms with E-state index < -0.39 is 15.9 Å². The van der Waals surface area contributed by atoms with Gasteiger partial charge in [0.25, 0.3) is 0 Å². The lowest BCUT2D eigenvalue weighted by Crippen LogP contribution is -2.40. The molecule has 5 atom stereocenters. The zero-order chi connectivity index (χ0) is 24.7. The summed E-state index contributed by atoms with van der Waals surface area (Å²) in [6.45, 7) is 1.84. The molecule has 3 saturated heterocycles. The highest BCUT2D eigenvalue weighted by atomic mass is 35.5. The lowest BCUT2D eigenvalue weighted by molar-refractivity contribution is 0.0136. The van der Waals surface area contributed by atoms with Gasteiger partial charge >= 0.3 is 0 Å². The van der Waals surface area contributed by atoms with Gasteiger partial charge in [0.05, 0.1) is 58.0 Å². The van der Waals surface area contributed by atoms with Crippen LogP contribution in [0.3, 0.4) is 0 Å². The standard InChI is InChI=1S/C25H26ClN3O6S/c26-16-9-17-18(10-21(27-17)35-20-11-25(20)13-34-23-19(30)12-33-24(23)25)28-22(16)14-1-3-15(4-2-14)29-5-7-36(31,32)8-6-29/h1-4,9-10,19-20,23-24,27,30H,5-8,11-13H2/t19-,20-,23?,24+,25-/m1/s1. The summed E-state index contributed by atoms with van der Waals surface area (Å²) in [5, 5.41) is 10.6. The smallest absolute Gasteiger partial charge is 0.193 e. The third-order valence-corrected chi connectivity index (χ3v) is 9.83. The molecule has 1 saturated carbocycles. The zero-order valence-corrected chi connectivity index (χ0v) is 21.0. The minimum Gasteiger partial charge on any atom is -0.475 e. The van der Waals surface area contributed by atoms with Gasteiger partial charge in [0.15, 0.2) is 15.7 Å². The number of aliphatic hydroxyl groups is 1. The van der Waals surface area contributed by atoms with Crippen LogP contribution in [0, 0.1) is 5.41 Å². The molecule has 1 unspecified atom stereocenters. The van der Waals surface area contributed by atoms with Crippen molar-refractivity contribution in [1.82, 2.24) is 9.97 Å². The van der Waals surface area contributed by atoms with E-state index in [0.717, 1.165) is 28.7 Å². The van der Waals surface area contributed by atoms with Gasteiger partial charge in [0, 0.05) is 30.4 Å². The van der Waals surface area contributed by atoms with Gasteiger partial charge in [-0.1, -0.05) is 23.7 Å². The predicted molar refractivity (Wildman–Crippen MR) is 134 cm³/mol. The number of anilines is 1. The number of ether oxygens (including phenoxy) is 3. The van der Waals surface area contributed by atoms with E-state index in [2.05, 4.69) is 9.88 Å². The summed E-state index contributed by atoms with van der Waals surface area (Å²) < 4.78 is 41.3. The van der Waals surface area contributed by atoms with Crippen molar-refractivity contribution >= 4 is 38.2 Å². The van der Waals surface area contributed by atoms with Gasteiger partial charge in [0.2, 0.25) is 0 Å². The summed E-state index contributed by atoms with van der Waals surface area (Å²) in [7, 11) is -2.92. The second-order valence-corrected chi connectivity index (χ2v) is 12.9. The lowest BCUT2D eigenvalue weighted by Gasteiger charge is -2.28. The number of rotatable bonds is 4. The number of pyridine rings is 1. The molecular weight excluding hydrogens is 506 g/mol. The highest BCUT2D eigenvalue weighted by Gasteiger charge is 2.70. The van der Waals surface area contributed by atoms with Crippen molar-refractivity contribution in [3.05, 3.63) is 41.4 Å². The van der Waals surface area contributed by atoms with Crippen molar-refractivity contribution in [2.45, 2.75) is 30.8 Å². The fraction of sp³-hybridized carbons (Fsp3) is 0.480. The topological polar surface area (TPSA) is 114 Å². The summed E-state index contributed by atoms with van der Waals surface area (Å²) in [6.07, 6.45) is -0.181. The third kappa shape index (κ3) is 3.69. The molecule has 1 spiro atoms. The van der Waals surface area contributed by atoms with E-state index in [4.69, 9.17) is 30.8 Å².